The highest BCUT2D eigenvalue weighted by molar-refractivity contribution is 5.92. The molecule has 0 bridgehead atoms. The quantitative estimate of drug-likeness (QED) is 0.439. The molecule has 0 unspecified atom stereocenters. The summed E-state index contributed by atoms with van der Waals surface area (Å²) in [4.78, 5) is 26.5. The number of hydrogen-bond donors (Lipinski definition) is 1. The molecule has 0 atom stereocenters. The summed E-state index contributed by atoms with van der Waals surface area (Å²) in [5.74, 6) is 0.949. The fourth-order valence-corrected chi connectivity index (χ4v) is 4.31. The smallest absolute Gasteiger partial charge is 0.293 e. The minimum Gasteiger partial charge on any atom is -0.497 e. The van der Waals surface area contributed by atoms with Gasteiger partial charge in [0.1, 0.15) is 23.6 Å². The molecule has 1 N–H and O–H groups in total. The van der Waals surface area contributed by atoms with Crippen LogP contribution in [0.1, 0.15) is 35.6 Å². The van der Waals surface area contributed by atoms with E-state index >= 15 is 0 Å². The van der Waals surface area contributed by atoms with Crippen LogP contribution in [0.2, 0.25) is 0 Å². The highest BCUT2D eigenvalue weighted by atomic mass is 16.5. The summed E-state index contributed by atoms with van der Waals surface area (Å²) >= 11 is 0. The highest BCUT2D eigenvalue weighted by Gasteiger charge is 2.30. The number of ether oxygens (including phenoxy) is 2. The Kier molecular flexibility index (Phi) is 5.76. The van der Waals surface area contributed by atoms with Gasteiger partial charge in [-0.25, -0.2) is 9.36 Å². The molecule has 1 aliphatic rings. The molecule has 0 radical (unpaired) electrons. The predicted molar refractivity (Wildman–Crippen MR) is 133 cm³/mol. The van der Waals surface area contributed by atoms with E-state index in [-0.39, 0.29) is 23.9 Å². The summed E-state index contributed by atoms with van der Waals surface area (Å²) in [5.41, 5.74) is 4.33. The van der Waals surface area contributed by atoms with E-state index in [0.29, 0.717) is 22.7 Å². The maximum Gasteiger partial charge on any atom is 0.293 e. The van der Waals surface area contributed by atoms with Crippen molar-refractivity contribution in [3.63, 3.8) is 0 Å². The molecular formula is C26H27N5O4. The zero-order valence-electron chi connectivity index (χ0n) is 20.2. The fourth-order valence-electron chi connectivity index (χ4n) is 4.31. The van der Waals surface area contributed by atoms with Gasteiger partial charge in [-0.3, -0.25) is 9.59 Å². The number of rotatable bonds is 7. The standard InChI is InChI=1S/C26H27N5O4/c1-15-5-10-21(16(2)11-15)31-25-19(13-27-31)24(17-6-7-17)29-30(26(25)33)14-23(32)28-20-9-8-18(34-3)12-22(20)35-4/h5,8-13,17H,6-7,14H2,1-4H3,(H,28,32). The zero-order valence-corrected chi connectivity index (χ0v) is 20.2. The number of amides is 1. The van der Waals surface area contributed by atoms with Crippen LogP contribution in [-0.4, -0.2) is 39.7 Å². The number of nitrogens with zero attached hydrogens (tertiary/aromatic N) is 4. The van der Waals surface area contributed by atoms with Crippen LogP contribution >= 0.6 is 0 Å². The molecule has 1 saturated carbocycles. The minimum atomic E-state index is -0.387. The van der Waals surface area contributed by atoms with Gasteiger partial charge in [-0.2, -0.15) is 10.2 Å². The Morgan fingerprint density at radius 1 is 1.11 bits per heavy atom. The molecule has 2 aromatic carbocycles. The van der Waals surface area contributed by atoms with Gasteiger partial charge in [-0.15, -0.1) is 0 Å². The summed E-state index contributed by atoms with van der Waals surface area (Å²) in [7, 11) is 3.07. The Balaban J connectivity index is 1.54. The third-order valence-corrected chi connectivity index (χ3v) is 6.23. The Morgan fingerprint density at radius 2 is 1.91 bits per heavy atom. The van der Waals surface area contributed by atoms with E-state index < -0.39 is 0 Å². The topological polar surface area (TPSA) is 100 Å². The van der Waals surface area contributed by atoms with Crippen molar-refractivity contribution in [3.05, 3.63) is 69.8 Å². The molecule has 5 rings (SSSR count). The Hall–Kier alpha value is -4.14. The number of fused-ring (bicyclic) bond motifs is 1. The second kappa shape index (κ2) is 8.90. The molecule has 2 heterocycles. The van der Waals surface area contributed by atoms with E-state index in [0.717, 1.165) is 40.7 Å². The molecule has 1 aliphatic carbocycles. The van der Waals surface area contributed by atoms with Crippen LogP contribution in [0.3, 0.4) is 0 Å². The van der Waals surface area contributed by atoms with Crippen molar-refractivity contribution in [1.82, 2.24) is 19.6 Å². The summed E-state index contributed by atoms with van der Waals surface area (Å²) in [6, 6.07) is 11.1. The van der Waals surface area contributed by atoms with E-state index in [1.807, 2.05) is 26.0 Å². The van der Waals surface area contributed by atoms with Gasteiger partial charge < -0.3 is 14.8 Å². The van der Waals surface area contributed by atoms with Gasteiger partial charge in [0.2, 0.25) is 5.91 Å². The summed E-state index contributed by atoms with van der Waals surface area (Å²) < 4.78 is 13.5. The number of benzene rings is 2. The average Bonchev–Trinajstić information content (AvgIpc) is 3.59. The van der Waals surface area contributed by atoms with Gasteiger partial charge in [-0.1, -0.05) is 17.7 Å². The number of methoxy groups -OCH3 is 2. The second-order valence-corrected chi connectivity index (χ2v) is 8.85. The lowest BCUT2D eigenvalue weighted by Crippen LogP contribution is -2.31. The average molecular weight is 474 g/mol. The lowest BCUT2D eigenvalue weighted by atomic mass is 10.1. The number of nitrogens with one attached hydrogen (secondary N) is 1. The zero-order chi connectivity index (χ0) is 24.7. The van der Waals surface area contributed by atoms with Gasteiger partial charge in [0, 0.05) is 17.4 Å². The first-order chi connectivity index (χ1) is 16.9. The van der Waals surface area contributed by atoms with Crippen LogP contribution in [-0.2, 0) is 11.3 Å². The molecule has 0 aliphatic heterocycles. The van der Waals surface area contributed by atoms with Crippen LogP contribution in [0.4, 0.5) is 5.69 Å². The van der Waals surface area contributed by atoms with E-state index in [2.05, 4.69) is 21.6 Å². The normalized spacial score (nSPS) is 13.1. The maximum atomic E-state index is 13.6. The molecule has 180 valence electrons. The van der Waals surface area contributed by atoms with Crippen molar-refractivity contribution in [2.75, 3.05) is 19.5 Å². The maximum absolute atomic E-state index is 13.6. The molecular weight excluding hydrogens is 446 g/mol. The van der Waals surface area contributed by atoms with Crippen molar-refractivity contribution >= 4 is 22.5 Å². The Bertz CT molecular complexity index is 1500. The number of carbonyl (C=O) groups excluding carboxylic acids is 1. The number of anilines is 1. The van der Waals surface area contributed by atoms with E-state index in [4.69, 9.17) is 9.47 Å². The lowest BCUT2D eigenvalue weighted by molar-refractivity contribution is -0.117. The van der Waals surface area contributed by atoms with E-state index in [9.17, 15) is 9.59 Å². The fraction of sp³-hybridized carbons (Fsp3) is 0.308. The van der Waals surface area contributed by atoms with Crippen LogP contribution in [0.15, 0.2) is 47.4 Å². The number of aryl methyl sites for hydroxylation is 2. The van der Waals surface area contributed by atoms with E-state index in [1.165, 1.54) is 11.8 Å². The van der Waals surface area contributed by atoms with E-state index in [1.54, 1.807) is 36.2 Å². The van der Waals surface area contributed by atoms with Crippen molar-refractivity contribution in [2.45, 2.75) is 39.2 Å². The SMILES string of the molecule is COc1ccc(NC(=O)Cn2nc(C3CC3)c3cnn(-c4ccc(C)cc4C)c3c2=O)c(OC)c1. The van der Waals surface area contributed by atoms with Crippen molar-refractivity contribution < 1.29 is 14.3 Å². The van der Waals surface area contributed by atoms with Gasteiger partial charge in [0.25, 0.3) is 5.56 Å². The van der Waals surface area contributed by atoms with Gasteiger partial charge in [0.05, 0.1) is 37.5 Å². The molecule has 9 heteroatoms. The third kappa shape index (κ3) is 4.25. The summed E-state index contributed by atoms with van der Waals surface area (Å²) in [6.07, 6.45) is 3.72. The largest absolute Gasteiger partial charge is 0.497 e. The molecule has 1 fully saturated rings. The van der Waals surface area contributed by atoms with Gasteiger partial charge in [-0.05, 0) is 50.5 Å². The summed E-state index contributed by atoms with van der Waals surface area (Å²) in [5, 5.41) is 12.7. The molecule has 0 spiro atoms. The monoisotopic (exact) mass is 473 g/mol. The molecule has 4 aromatic rings. The molecule has 9 nitrogen and oxygen atoms in total. The Labute approximate surface area is 202 Å². The first-order valence-electron chi connectivity index (χ1n) is 11.5. The van der Waals surface area contributed by atoms with Crippen LogP contribution < -0.4 is 20.3 Å². The van der Waals surface area contributed by atoms with Gasteiger partial charge in [0.15, 0.2) is 0 Å². The number of carbonyl (C=O) groups is 1. The molecule has 1 amide bonds. The van der Waals surface area contributed by atoms with Crippen molar-refractivity contribution in [3.8, 4) is 17.2 Å². The van der Waals surface area contributed by atoms with Crippen molar-refractivity contribution in [2.24, 2.45) is 0 Å². The summed E-state index contributed by atoms with van der Waals surface area (Å²) in [6.45, 7) is 3.78. The molecule has 35 heavy (non-hydrogen) atoms. The second-order valence-electron chi connectivity index (χ2n) is 8.85. The van der Waals surface area contributed by atoms with Crippen LogP contribution in [0.5, 0.6) is 11.5 Å². The minimum absolute atomic E-state index is 0.234. The number of aromatic nitrogens is 4. The Morgan fingerprint density at radius 3 is 2.60 bits per heavy atom. The molecule has 2 aromatic heterocycles. The van der Waals surface area contributed by atoms with Gasteiger partial charge >= 0.3 is 0 Å². The van der Waals surface area contributed by atoms with Crippen LogP contribution in [0.25, 0.3) is 16.6 Å². The number of hydrogen-bond acceptors (Lipinski definition) is 6. The predicted octanol–water partition coefficient (Wildman–Crippen LogP) is 3.73. The third-order valence-electron chi connectivity index (χ3n) is 6.23. The van der Waals surface area contributed by atoms with Crippen LogP contribution in [0, 0.1) is 13.8 Å². The molecule has 0 saturated heterocycles. The first-order valence-corrected chi connectivity index (χ1v) is 11.5. The lowest BCUT2D eigenvalue weighted by Gasteiger charge is -2.13. The first kappa shape index (κ1) is 22.6. The highest BCUT2D eigenvalue weighted by Crippen LogP contribution is 2.41. The van der Waals surface area contributed by atoms with Crippen molar-refractivity contribution in [1.29, 1.82) is 0 Å².